The van der Waals surface area contributed by atoms with Crippen molar-refractivity contribution in [3.63, 3.8) is 0 Å². The number of aryl methyl sites for hydroxylation is 1. The minimum atomic E-state index is 0.111. The molecule has 0 amide bonds. The van der Waals surface area contributed by atoms with Gasteiger partial charge < -0.3 is 5.73 Å². The average molecular weight is 264 g/mol. The molecule has 0 aliphatic carbocycles. The lowest BCUT2D eigenvalue weighted by Crippen LogP contribution is -2.22. The van der Waals surface area contributed by atoms with Crippen molar-refractivity contribution in [2.75, 3.05) is 0 Å². The second-order valence-corrected chi connectivity index (χ2v) is 6.14. The predicted octanol–water partition coefficient (Wildman–Crippen LogP) is 3.63. The number of rotatable bonds is 4. The molecule has 2 heterocycles. The Morgan fingerprint density at radius 1 is 1.35 bits per heavy atom. The zero-order valence-corrected chi connectivity index (χ0v) is 11.6. The van der Waals surface area contributed by atoms with E-state index >= 15 is 0 Å². The first-order valence-corrected chi connectivity index (χ1v) is 7.31. The lowest BCUT2D eigenvalue weighted by atomic mass is 10.1. The summed E-state index contributed by atoms with van der Waals surface area (Å²) in [5.74, 6) is 0. The van der Waals surface area contributed by atoms with Crippen LogP contribution in [0.5, 0.6) is 0 Å². The third kappa shape index (κ3) is 3.09. The highest BCUT2D eigenvalue weighted by atomic mass is 32.2. The summed E-state index contributed by atoms with van der Waals surface area (Å²) in [5.41, 5.74) is 7.42. The molecule has 0 saturated carbocycles. The van der Waals surface area contributed by atoms with Crippen LogP contribution in [0.4, 0.5) is 0 Å². The van der Waals surface area contributed by atoms with E-state index in [4.69, 9.17) is 5.73 Å². The van der Waals surface area contributed by atoms with E-state index in [0.29, 0.717) is 0 Å². The van der Waals surface area contributed by atoms with Crippen LogP contribution in [0.25, 0.3) is 0 Å². The third-order valence-electron chi connectivity index (χ3n) is 2.52. The van der Waals surface area contributed by atoms with Crippen molar-refractivity contribution in [2.24, 2.45) is 5.73 Å². The van der Waals surface area contributed by atoms with Gasteiger partial charge in [-0.25, -0.2) is 4.98 Å². The second-order valence-electron chi connectivity index (χ2n) is 4.03. The molecule has 4 heteroatoms. The molecule has 2 aromatic heterocycles. The van der Waals surface area contributed by atoms with Crippen molar-refractivity contribution in [2.45, 2.75) is 30.2 Å². The first-order chi connectivity index (χ1) is 8.18. The lowest BCUT2D eigenvalue weighted by molar-refractivity contribution is 0.726. The zero-order chi connectivity index (χ0) is 12.3. The van der Waals surface area contributed by atoms with E-state index in [9.17, 15) is 0 Å². The van der Waals surface area contributed by atoms with Gasteiger partial charge in [0, 0.05) is 17.1 Å². The molecule has 0 fully saturated rings. The molecule has 2 aromatic rings. The molecule has 0 aliphatic rings. The van der Waals surface area contributed by atoms with Crippen molar-refractivity contribution in [1.29, 1.82) is 0 Å². The van der Waals surface area contributed by atoms with Gasteiger partial charge in [-0.2, -0.15) is 0 Å². The van der Waals surface area contributed by atoms with E-state index < -0.39 is 0 Å². The van der Waals surface area contributed by atoms with Crippen LogP contribution in [0.1, 0.15) is 22.6 Å². The Morgan fingerprint density at radius 3 is 2.71 bits per heavy atom. The van der Waals surface area contributed by atoms with Crippen LogP contribution in [-0.2, 0) is 0 Å². The molecular weight excluding hydrogens is 248 g/mol. The maximum absolute atomic E-state index is 6.10. The van der Waals surface area contributed by atoms with Crippen LogP contribution in [0, 0.1) is 6.92 Å². The topological polar surface area (TPSA) is 38.9 Å². The van der Waals surface area contributed by atoms with Gasteiger partial charge in [0.25, 0.3) is 0 Å². The number of thiophene rings is 1. The standard InChI is InChI=1S/C13H16N2S2/c1-9-6-8-16-12(9)13(10(2)14)17-11-5-3-4-7-15-11/h3-8,10,13H,14H2,1-2H3. The Balaban J connectivity index is 2.23. The molecule has 2 nitrogen and oxygen atoms in total. The van der Waals surface area contributed by atoms with Crippen LogP contribution in [0.15, 0.2) is 40.9 Å². The fourth-order valence-corrected chi connectivity index (χ4v) is 4.00. The molecule has 0 saturated heterocycles. The van der Waals surface area contributed by atoms with Crippen LogP contribution in [0.2, 0.25) is 0 Å². The van der Waals surface area contributed by atoms with Gasteiger partial charge in [0.15, 0.2) is 0 Å². The molecule has 2 atom stereocenters. The maximum atomic E-state index is 6.10. The Morgan fingerprint density at radius 2 is 2.18 bits per heavy atom. The summed E-state index contributed by atoms with van der Waals surface area (Å²) in [5, 5.41) is 3.44. The van der Waals surface area contributed by atoms with Crippen molar-refractivity contribution in [3.05, 3.63) is 46.3 Å². The number of pyridine rings is 1. The highest BCUT2D eigenvalue weighted by Crippen LogP contribution is 2.39. The first-order valence-electron chi connectivity index (χ1n) is 5.55. The number of hydrogen-bond acceptors (Lipinski definition) is 4. The van der Waals surface area contributed by atoms with Crippen LogP contribution < -0.4 is 5.73 Å². The molecule has 0 bridgehead atoms. The van der Waals surface area contributed by atoms with E-state index in [-0.39, 0.29) is 11.3 Å². The van der Waals surface area contributed by atoms with Gasteiger partial charge in [-0.1, -0.05) is 17.8 Å². The number of thioether (sulfide) groups is 1. The quantitative estimate of drug-likeness (QED) is 0.857. The van der Waals surface area contributed by atoms with Crippen LogP contribution in [-0.4, -0.2) is 11.0 Å². The molecule has 0 radical (unpaired) electrons. The summed E-state index contributed by atoms with van der Waals surface area (Å²) in [4.78, 5) is 5.71. The number of nitrogens with zero attached hydrogens (tertiary/aromatic N) is 1. The zero-order valence-electron chi connectivity index (χ0n) is 9.96. The molecule has 0 spiro atoms. The fourth-order valence-electron chi connectivity index (χ4n) is 1.62. The van der Waals surface area contributed by atoms with Gasteiger partial charge in [-0.05, 0) is 43.0 Å². The van der Waals surface area contributed by atoms with Crippen molar-refractivity contribution in [1.82, 2.24) is 4.98 Å². The van der Waals surface area contributed by atoms with E-state index in [1.807, 2.05) is 24.4 Å². The highest BCUT2D eigenvalue weighted by molar-refractivity contribution is 7.99. The Bertz CT molecular complexity index is 465. The van der Waals surface area contributed by atoms with Gasteiger partial charge in [-0.15, -0.1) is 11.3 Å². The maximum Gasteiger partial charge on any atom is 0.0966 e. The van der Waals surface area contributed by atoms with E-state index in [1.54, 1.807) is 23.1 Å². The Hall–Kier alpha value is -0.840. The van der Waals surface area contributed by atoms with Crippen LogP contribution >= 0.6 is 23.1 Å². The summed E-state index contributed by atoms with van der Waals surface area (Å²) in [7, 11) is 0. The fraction of sp³-hybridized carbons (Fsp3) is 0.308. The number of hydrogen-bond donors (Lipinski definition) is 1. The molecular formula is C13H16N2S2. The third-order valence-corrected chi connectivity index (χ3v) is 5.18. The van der Waals surface area contributed by atoms with Crippen molar-refractivity contribution in [3.8, 4) is 0 Å². The molecule has 2 unspecified atom stereocenters. The molecule has 2 rings (SSSR count). The molecule has 2 N–H and O–H groups in total. The molecule has 0 aliphatic heterocycles. The SMILES string of the molecule is Cc1ccsc1C(Sc1ccccn1)C(C)N. The molecule has 0 aromatic carbocycles. The first kappa shape index (κ1) is 12.6. The summed E-state index contributed by atoms with van der Waals surface area (Å²) in [6, 6.07) is 8.23. The summed E-state index contributed by atoms with van der Waals surface area (Å²) in [6.45, 7) is 4.19. The predicted molar refractivity (Wildman–Crippen MR) is 75.5 cm³/mol. The normalized spacial score (nSPS) is 14.5. The van der Waals surface area contributed by atoms with E-state index in [1.165, 1.54) is 10.4 Å². The highest BCUT2D eigenvalue weighted by Gasteiger charge is 2.21. The minimum Gasteiger partial charge on any atom is -0.327 e. The summed E-state index contributed by atoms with van der Waals surface area (Å²) in [6.07, 6.45) is 1.82. The second kappa shape index (κ2) is 5.67. The smallest absolute Gasteiger partial charge is 0.0966 e. The van der Waals surface area contributed by atoms with E-state index in [0.717, 1.165) is 5.03 Å². The monoisotopic (exact) mass is 264 g/mol. The van der Waals surface area contributed by atoms with Crippen LogP contribution in [0.3, 0.4) is 0 Å². The van der Waals surface area contributed by atoms with Gasteiger partial charge in [0.2, 0.25) is 0 Å². The molecule has 90 valence electrons. The largest absolute Gasteiger partial charge is 0.327 e. The molecule has 17 heavy (non-hydrogen) atoms. The van der Waals surface area contributed by atoms with Gasteiger partial charge in [0.05, 0.1) is 10.3 Å². The average Bonchev–Trinajstić information content (AvgIpc) is 2.73. The minimum absolute atomic E-state index is 0.111. The number of aromatic nitrogens is 1. The Labute approximate surface area is 110 Å². The summed E-state index contributed by atoms with van der Waals surface area (Å²) >= 11 is 3.52. The lowest BCUT2D eigenvalue weighted by Gasteiger charge is -2.19. The van der Waals surface area contributed by atoms with E-state index in [2.05, 4.69) is 30.3 Å². The van der Waals surface area contributed by atoms with Gasteiger partial charge >= 0.3 is 0 Å². The van der Waals surface area contributed by atoms with Crippen molar-refractivity contribution >= 4 is 23.1 Å². The van der Waals surface area contributed by atoms with Gasteiger partial charge in [0.1, 0.15) is 0 Å². The summed E-state index contributed by atoms with van der Waals surface area (Å²) < 4.78 is 0. The van der Waals surface area contributed by atoms with Gasteiger partial charge in [-0.3, -0.25) is 0 Å². The number of nitrogens with two attached hydrogens (primary N) is 1. The Kier molecular flexibility index (Phi) is 4.20. The van der Waals surface area contributed by atoms with Crippen molar-refractivity contribution < 1.29 is 0 Å².